The molecule has 8 heteroatoms. The minimum Gasteiger partial charge on any atom is -0.308 e. The number of hydrogen-bond donors (Lipinski definition) is 0. The molecule has 0 atom stereocenters. The number of rotatable bonds is 5. The lowest BCUT2D eigenvalue weighted by atomic mass is 10.1. The minimum atomic E-state index is -0.215. The summed E-state index contributed by atoms with van der Waals surface area (Å²) in [4.78, 5) is 16.9. The molecule has 0 aliphatic carbocycles. The Labute approximate surface area is 413 Å². The summed E-state index contributed by atoms with van der Waals surface area (Å²) in [5.41, 5.74) is 8.32. The van der Waals surface area contributed by atoms with E-state index in [1.165, 1.54) is 0 Å². The third kappa shape index (κ3) is 5.34. The largest absolute Gasteiger partial charge is 0.308 e. The molecule has 0 amide bonds. The van der Waals surface area contributed by atoms with E-state index >= 15 is 0 Å². The van der Waals surface area contributed by atoms with Gasteiger partial charge in [-0.3, -0.25) is 9.13 Å². The van der Waals surface area contributed by atoms with Crippen LogP contribution < -0.4 is 0 Å². The van der Waals surface area contributed by atoms with Gasteiger partial charge in [0.1, 0.15) is 0 Å². The zero-order chi connectivity index (χ0) is 48.9. The van der Waals surface area contributed by atoms with Gasteiger partial charge in [0.05, 0.1) is 65.2 Å². The van der Waals surface area contributed by atoms with Crippen LogP contribution in [0.4, 0.5) is 0 Å². The number of hydrogen-bond acceptors (Lipinski definition) is 4. The van der Waals surface area contributed by atoms with Crippen LogP contribution >= 0.6 is 11.3 Å². The van der Waals surface area contributed by atoms with Gasteiger partial charge in [-0.1, -0.05) is 158 Å². The van der Waals surface area contributed by atoms with E-state index in [9.17, 15) is 4.11 Å². The highest BCUT2D eigenvalue weighted by Crippen LogP contribution is 2.46. The molecule has 71 heavy (non-hydrogen) atoms. The quantitative estimate of drug-likeness (QED) is 0.173. The van der Waals surface area contributed by atoms with Crippen LogP contribution in [0.1, 0.15) is 4.11 Å². The van der Waals surface area contributed by atoms with Crippen LogP contribution in [0.3, 0.4) is 0 Å². The van der Waals surface area contributed by atoms with Crippen LogP contribution in [0.25, 0.3) is 142 Å². The molecule has 0 unspecified atom stereocenters. The highest BCUT2D eigenvalue weighted by atomic mass is 32.1. The first-order valence-corrected chi connectivity index (χ1v) is 24.5. The van der Waals surface area contributed by atoms with Crippen molar-refractivity contribution in [3.05, 3.63) is 224 Å². The Hall–Kier alpha value is -9.37. The summed E-state index contributed by atoms with van der Waals surface area (Å²) in [6.07, 6.45) is 0. The average Bonchev–Trinajstić information content (AvgIpc) is 4.25. The molecule has 0 spiro atoms. The number of benzene rings is 10. The van der Waals surface area contributed by atoms with E-state index in [0.717, 1.165) is 107 Å². The van der Waals surface area contributed by atoms with Gasteiger partial charge in [-0.2, -0.15) is 15.0 Å². The SMILES string of the molecule is [2H]c1c([2H])c(-n2c3ccccc3c3ccccc32)c(-c2nc(-n3c4ccccc4c4ccccc43)nc(-n3c4ccccc4c4ccccc43)n2)c(-n2c3ccccc3c3ccc4sc5ccccc5c4c32)c1[2H]. The third-order valence-electron chi connectivity index (χ3n) is 14.4. The molecule has 0 N–H and O–H groups in total. The summed E-state index contributed by atoms with van der Waals surface area (Å²) in [6, 6.07) is 70.5. The van der Waals surface area contributed by atoms with Gasteiger partial charge in [0.25, 0.3) is 0 Å². The number of para-hydroxylation sites is 7. The van der Waals surface area contributed by atoms with Crippen molar-refractivity contribution in [2.75, 3.05) is 0 Å². The molecule has 0 aliphatic heterocycles. The maximum atomic E-state index is 10.4. The molecule has 6 heterocycles. The van der Waals surface area contributed by atoms with Crippen LogP contribution in [-0.2, 0) is 0 Å². The Morgan fingerprint density at radius 1 is 0.324 bits per heavy atom. The molecular formula is C63H37N7S. The van der Waals surface area contributed by atoms with Crippen molar-refractivity contribution >= 4 is 119 Å². The first-order valence-electron chi connectivity index (χ1n) is 25.2. The monoisotopic (exact) mass is 926 g/mol. The van der Waals surface area contributed by atoms with E-state index in [1.807, 2.05) is 54.6 Å². The van der Waals surface area contributed by atoms with E-state index in [-0.39, 0.29) is 24.0 Å². The third-order valence-corrected chi connectivity index (χ3v) is 15.6. The van der Waals surface area contributed by atoms with E-state index in [0.29, 0.717) is 28.8 Å². The zero-order valence-electron chi connectivity index (χ0n) is 40.7. The van der Waals surface area contributed by atoms with Crippen LogP contribution in [-0.4, -0.2) is 33.2 Å². The lowest BCUT2D eigenvalue weighted by Crippen LogP contribution is -2.12. The van der Waals surface area contributed by atoms with Gasteiger partial charge in [0, 0.05) is 63.3 Å². The summed E-state index contributed by atoms with van der Waals surface area (Å²) in [7, 11) is 0. The van der Waals surface area contributed by atoms with E-state index < -0.39 is 0 Å². The summed E-state index contributed by atoms with van der Waals surface area (Å²) in [6.45, 7) is 0. The summed E-state index contributed by atoms with van der Waals surface area (Å²) < 4.78 is 41.5. The molecule has 330 valence electrons. The first kappa shape index (κ1) is 35.7. The van der Waals surface area contributed by atoms with Gasteiger partial charge in [-0.25, -0.2) is 0 Å². The molecular weight excluding hydrogens is 887 g/mol. The number of thiophene rings is 1. The van der Waals surface area contributed by atoms with Crippen molar-refractivity contribution in [3.8, 4) is 34.7 Å². The Bertz CT molecular complexity index is 4800. The molecule has 7 nitrogen and oxygen atoms in total. The summed E-state index contributed by atoms with van der Waals surface area (Å²) in [5, 5.41) is 10.3. The molecule has 0 radical (unpaired) electrons. The van der Waals surface area contributed by atoms with Gasteiger partial charge in [0.2, 0.25) is 11.9 Å². The molecule has 0 bridgehead atoms. The Balaban J connectivity index is 1.16. The van der Waals surface area contributed by atoms with Gasteiger partial charge >= 0.3 is 0 Å². The van der Waals surface area contributed by atoms with Gasteiger partial charge in [-0.05, 0) is 66.7 Å². The zero-order valence-corrected chi connectivity index (χ0v) is 38.5. The maximum absolute atomic E-state index is 10.4. The Morgan fingerprint density at radius 2 is 0.690 bits per heavy atom. The maximum Gasteiger partial charge on any atom is 0.240 e. The second-order valence-electron chi connectivity index (χ2n) is 18.1. The van der Waals surface area contributed by atoms with Crippen LogP contribution in [0, 0.1) is 0 Å². The molecule has 16 rings (SSSR count). The van der Waals surface area contributed by atoms with Crippen LogP contribution in [0.15, 0.2) is 224 Å². The molecule has 0 fully saturated rings. The lowest BCUT2D eigenvalue weighted by molar-refractivity contribution is 0.891. The highest BCUT2D eigenvalue weighted by Gasteiger charge is 2.28. The van der Waals surface area contributed by atoms with Crippen molar-refractivity contribution in [3.63, 3.8) is 0 Å². The predicted molar refractivity (Wildman–Crippen MR) is 296 cm³/mol. The van der Waals surface area contributed by atoms with Gasteiger partial charge < -0.3 is 9.13 Å². The molecule has 10 aromatic carbocycles. The fraction of sp³-hybridized carbons (Fsp3) is 0. The van der Waals surface area contributed by atoms with E-state index in [2.05, 4.69) is 170 Å². The van der Waals surface area contributed by atoms with Crippen LogP contribution in [0.2, 0.25) is 0 Å². The van der Waals surface area contributed by atoms with Crippen molar-refractivity contribution in [1.29, 1.82) is 0 Å². The van der Waals surface area contributed by atoms with Crippen molar-refractivity contribution in [1.82, 2.24) is 33.2 Å². The van der Waals surface area contributed by atoms with E-state index in [4.69, 9.17) is 15.0 Å². The smallest absolute Gasteiger partial charge is 0.240 e. The molecule has 0 saturated heterocycles. The van der Waals surface area contributed by atoms with Gasteiger partial charge in [0.15, 0.2) is 5.82 Å². The Morgan fingerprint density at radius 3 is 1.15 bits per heavy atom. The number of fused-ring (bicyclic) bond motifs is 16. The molecule has 0 saturated carbocycles. The second kappa shape index (κ2) is 14.6. The average molecular weight is 927 g/mol. The highest BCUT2D eigenvalue weighted by molar-refractivity contribution is 7.26. The standard InChI is InChI=1S/C63H37N7S/c1-9-26-47-38(18-1)39-19-2-10-27-48(39)67(47)54-33-17-34-55(68-49-28-11-7-24-44(49)45-36-37-57-58(60(45)68)46-25-8-16-35-56(46)71-57)59(54)61-64-62(69-50-29-12-3-20-40(50)41-21-4-13-30-51(41)69)66-63(65-61)70-52-31-14-5-22-42(52)43-23-6-15-32-53(43)70/h1-37H/i17D,33D,34D. The van der Waals surface area contributed by atoms with Gasteiger partial charge in [-0.15, -0.1) is 11.3 Å². The summed E-state index contributed by atoms with van der Waals surface area (Å²) in [5.74, 6) is 0.977. The first-order chi connectivity index (χ1) is 36.5. The van der Waals surface area contributed by atoms with Crippen molar-refractivity contribution in [2.24, 2.45) is 0 Å². The molecule has 16 aromatic rings. The fourth-order valence-electron chi connectivity index (χ4n) is 11.5. The normalized spacial score (nSPS) is 12.8. The Kier molecular flexibility index (Phi) is 7.33. The fourth-order valence-corrected chi connectivity index (χ4v) is 12.6. The lowest BCUT2D eigenvalue weighted by Gasteiger charge is -2.20. The number of aromatic nitrogens is 7. The van der Waals surface area contributed by atoms with Crippen molar-refractivity contribution in [2.45, 2.75) is 0 Å². The minimum absolute atomic E-state index is 0.119. The summed E-state index contributed by atoms with van der Waals surface area (Å²) >= 11 is 1.74. The van der Waals surface area contributed by atoms with Crippen LogP contribution in [0.5, 0.6) is 0 Å². The molecule has 6 aromatic heterocycles. The molecule has 0 aliphatic rings. The second-order valence-corrected chi connectivity index (χ2v) is 19.2. The van der Waals surface area contributed by atoms with Crippen molar-refractivity contribution < 1.29 is 4.11 Å². The predicted octanol–water partition coefficient (Wildman–Crippen LogP) is 16.3. The topological polar surface area (TPSA) is 58.4 Å². The van der Waals surface area contributed by atoms with E-state index in [1.54, 1.807) is 11.3 Å². The number of nitrogens with zero attached hydrogens (tertiary/aromatic N) is 7.